The first-order chi connectivity index (χ1) is 16.7. The molecule has 0 unspecified atom stereocenters. The standard InChI is InChI=1S/C29H31N5/c1-23-28(24(2)34(31-23)27-16-10-5-11-17-27)22-30-33-20-18-32(19-21-33)29(25-12-6-3-7-13-25)26-14-8-4-9-15-26/h3-17,22,29H,18-21H2,1-2H3. The lowest BCUT2D eigenvalue weighted by Gasteiger charge is -2.38. The van der Waals surface area contributed by atoms with Gasteiger partial charge in [0, 0.05) is 31.7 Å². The van der Waals surface area contributed by atoms with Gasteiger partial charge in [-0.05, 0) is 37.1 Å². The van der Waals surface area contributed by atoms with Gasteiger partial charge in [0.2, 0.25) is 0 Å². The third kappa shape index (κ3) is 4.66. The van der Waals surface area contributed by atoms with Crippen LogP contribution in [0.4, 0.5) is 0 Å². The van der Waals surface area contributed by atoms with Gasteiger partial charge in [0.1, 0.15) is 0 Å². The quantitative estimate of drug-likeness (QED) is 0.378. The molecule has 1 aromatic heterocycles. The zero-order valence-electron chi connectivity index (χ0n) is 19.9. The van der Waals surface area contributed by atoms with E-state index in [9.17, 15) is 0 Å². The van der Waals surface area contributed by atoms with Crippen LogP contribution in [0.25, 0.3) is 5.69 Å². The summed E-state index contributed by atoms with van der Waals surface area (Å²) in [6.45, 7) is 7.89. The molecule has 0 atom stereocenters. The average molecular weight is 450 g/mol. The summed E-state index contributed by atoms with van der Waals surface area (Å²) in [6, 6.07) is 32.2. The third-order valence-electron chi connectivity index (χ3n) is 6.58. The normalized spacial score (nSPS) is 14.9. The Labute approximate surface area is 202 Å². The van der Waals surface area contributed by atoms with Crippen LogP contribution in [-0.2, 0) is 0 Å². The Bertz CT molecular complexity index is 1180. The van der Waals surface area contributed by atoms with Crippen molar-refractivity contribution in [3.8, 4) is 5.69 Å². The molecule has 34 heavy (non-hydrogen) atoms. The van der Waals surface area contributed by atoms with Crippen LogP contribution in [0, 0.1) is 13.8 Å². The second kappa shape index (κ2) is 10.1. The van der Waals surface area contributed by atoms with Crippen molar-refractivity contribution in [2.24, 2.45) is 5.10 Å². The Kier molecular flexibility index (Phi) is 6.54. The second-order valence-corrected chi connectivity index (χ2v) is 8.79. The molecule has 4 aromatic rings. The molecule has 0 saturated carbocycles. The van der Waals surface area contributed by atoms with Crippen LogP contribution >= 0.6 is 0 Å². The van der Waals surface area contributed by atoms with E-state index in [0.717, 1.165) is 48.8 Å². The summed E-state index contributed by atoms with van der Waals surface area (Å²) in [4.78, 5) is 2.57. The van der Waals surface area contributed by atoms with E-state index in [1.54, 1.807) is 0 Å². The first-order valence-corrected chi connectivity index (χ1v) is 12.0. The lowest BCUT2D eigenvalue weighted by Crippen LogP contribution is -2.45. The molecule has 1 fully saturated rings. The number of nitrogens with zero attached hydrogens (tertiary/aromatic N) is 5. The van der Waals surface area contributed by atoms with Gasteiger partial charge >= 0.3 is 0 Å². The molecule has 5 heteroatoms. The Hall–Kier alpha value is -3.70. The number of rotatable bonds is 6. The Morgan fingerprint density at radius 2 is 1.26 bits per heavy atom. The van der Waals surface area contributed by atoms with Crippen molar-refractivity contribution in [2.75, 3.05) is 26.2 Å². The van der Waals surface area contributed by atoms with Crippen molar-refractivity contribution in [3.63, 3.8) is 0 Å². The summed E-state index contributed by atoms with van der Waals surface area (Å²) >= 11 is 0. The molecule has 0 aliphatic carbocycles. The lowest BCUT2D eigenvalue weighted by molar-refractivity contribution is 0.113. The van der Waals surface area contributed by atoms with Crippen LogP contribution in [0.1, 0.15) is 34.1 Å². The highest BCUT2D eigenvalue weighted by Crippen LogP contribution is 2.29. The minimum absolute atomic E-state index is 0.266. The summed E-state index contributed by atoms with van der Waals surface area (Å²) in [5.41, 5.74) is 6.95. The second-order valence-electron chi connectivity index (χ2n) is 8.79. The molecule has 3 aromatic carbocycles. The molecule has 0 N–H and O–H groups in total. The molecule has 1 aliphatic heterocycles. The predicted molar refractivity (Wildman–Crippen MR) is 139 cm³/mol. The molecule has 2 heterocycles. The molecular formula is C29H31N5. The zero-order chi connectivity index (χ0) is 23.3. The summed E-state index contributed by atoms with van der Waals surface area (Å²) in [6.07, 6.45) is 1.98. The monoisotopic (exact) mass is 449 g/mol. The lowest BCUT2D eigenvalue weighted by atomic mass is 9.96. The summed E-state index contributed by atoms with van der Waals surface area (Å²) in [7, 11) is 0. The molecular weight excluding hydrogens is 418 g/mol. The Balaban J connectivity index is 1.30. The number of hydrogen-bond donors (Lipinski definition) is 0. The van der Waals surface area contributed by atoms with E-state index in [0.29, 0.717) is 0 Å². The Morgan fingerprint density at radius 1 is 0.735 bits per heavy atom. The number of aromatic nitrogens is 2. The number of para-hydroxylation sites is 1. The topological polar surface area (TPSA) is 36.7 Å². The van der Waals surface area contributed by atoms with Gasteiger partial charge in [-0.2, -0.15) is 10.2 Å². The molecule has 172 valence electrons. The van der Waals surface area contributed by atoms with Crippen molar-refractivity contribution in [1.82, 2.24) is 19.7 Å². The maximum Gasteiger partial charge on any atom is 0.0689 e. The maximum atomic E-state index is 4.85. The molecule has 0 spiro atoms. The van der Waals surface area contributed by atoms with Crippen LogP contribution in [0.5, 0.6) is 0 Å². The van der Waals surface area contributed by atoms with Gasteiger partial charge in [0.05, 0.1) is 29.3 Å². The third-order valence-corrected chi connectivity index (χ3v) is 6.58. The van der Waals surface area contributed by atoms with Gasteiger partial charge in [0.25, 0.3) is 0 Å². The van der Waals surface area contributed by atoms with Gasteiger partial charge in [0.15, 0.2) is 0 Å². The fourth-order valence-corrected chi connectivity index (χ4v) is 4.77. The number of hydrogen-bond acceptors (Lipinski definition) is 4. The van der Waals surface area contributed by atoms with Crippen molar-refractivity contribution in [1.29, 1.82) is 0 Å². The van der Waals surface area contributed by atoms with Crippen molar-refractivity contribution in [3.05, 3.63) is 119 Å². The van der Waals surface area contributed by atoms with Gasteiger partial charge < -0.3 is 0 Å². The SMILES string of the molecule is Cc1nn(-c2ccccc2)c(C)c1C=NN1CCN(C(c2ccccc2)c2ccccc2)CC1. The van der Waals surface area contributed by atoms with Crippen molar-refractivity contribution in [2.45, 2.75) is 19.9 Å². The molecule has 0 radical (unpaired) electrons. The summed E-state index contributed by atoms with van der Waals surface area (Å²) < 4.78 is 2.00. The number of benzene rings is 3. The van der Waals surface area contributed by atoms with E-state index >= 15 is 0 Å². The first kappa shape index (κ1) is 22.1. The Morgan fingerprint density at radius 3 is 1.82 bits per heavy atom. The van der Waals surface area contributed by atoms with Crippen LogP contribution in [0.3, 0.4) is 0 Å². The summed E-state index contributed by atoms with van der Waals surface area (Å²) in [5.74, 6) is 0. The van der Waals surface area contributed by atoms with E-state index in [1.807, 2.05) is 29.1 Å². The molecule has 1 aliphatic rings. The number of hydrazone groups is 1. The average Bonchev–Trinajstić information content (AvgIpc) is 3.18. The first-order valence-electron chi connectivity index (χ1n) is 12.0. The molecule has 5 nitrogen and oxygen atoms in total. The van der Waals surface area contributed by atoms with E-state index in [4.69, 9.17) is 10.2 Å². The largest absolute Gasteiger partial charge is 0.294 e. The fourth-order valence-electron chi connectivity index (χ4n) is 4.77. The van der Waals surface area contributed by atoms with Gasteiger partial charge in [-0.1, -0.05) is 78.9 Å². The maximum absolute atomic E-state index is 4.85. The smallest absolute Gasteiger partial charge is 0.0689 e. The minimum Gasteiger partial charge on any atom is -0.294 e. The highest BCUT2D eigenvalue weighted by Gasteiger charge is 2.26. The molecule has 5 rings (SSSR count). The van der Waals surface area contributed by atoms with E-state index in [1.165, 1.54) is 11.1 Å². The number of piperazine rings is 1. The van der Waals surface area contributed by atoms with Crippen LogP contribution in [-0.4, -0.2) is 52.1 Å². The van der Waals surface area contributed by atoms with Crippen LogP contribution in [0.2, 0.25) is 0 Å². The predicted octanol–water partition coefficient (Wildman–Crippen LogP) is 5.23. The van der Waals surface area contributed by atoms with E-state index in [-0.39, 0.29) is 6.04 Å². The van der Waals surface area contributed by atoms with Crippen LogP contribution in [0.15, 0.2) is 96.1 Å². The highest BCUT2D eigenvalue weighted by atomic mass is 15.5. The fraction of sp³-hybridized carbons (Fsp3) is 0.241. The minimum atomic E-state index is 0.266. The number of aryl methyl sites for hydroxylation is 1. The zero-order valence-corrected chi connectivity index (χ0v) is 19.9. The van der Waals surface area contributed by atoms with E-state index < -0.39 is 0 Å². The van der Waals surface area contributed by atoms with Crippen molar-refractivity contribution < 1.29 is 0 Å². The van der Waals surface area contributed by atoms with Gasteiger partial charge in [-0.3, -0.25) is 9.91 Å². The van der Waals surface area contributed by atoms with Gasteiger partial charge in [-0.25, -0.2) is 4.68 Å². The summed E-state index contributed by atoms with van der Waals surface area (Å²) in [5, 5.41) is 11.8. The van der Waals surface area contributed by atoms with Crippen LogP contribution < -0.4 is 0 Å². The van der Waals surface area contributed by atoms with Crippen molar-refractivity contribution >= 4 is 6.21 Å². The highest BCUT2D eigenvalue weighted by molar-refractivity contribution is 5.82. The van der Waals surface area contributed by atoms with E-state index in [2.05, 4.69) is 96.6 Å². The molecule has 0 bridgehead atoms. The molecule has 1 saturated heterocycles. The molecule has 0 amide bonds. The van der Waals surface area contributed by atoms with Gasteiger partial charge in [-0.15, -0.1) is 0 Å².